The Bertz CT molecular complexity index is 410. The van der Waals surface area contributed by atoms with Crippen LogP contribution < -0.4 is 3.32 Å². The molecule has 0 N–H and O–H groups in total. The van der Waals surface area contributed by atoms with E-state index in [1.165, 1.54) is 5.56 Å². The van der Waals surface area contributed by atoms with Crippen molar-refractivity contribution in [3.63, 3.8) is 0 Å². The Morgan fingerprint density at radius 3 is 2.17 bits per heavy atom. The fourth-order valence-corrected chi connectivity index (χ4v) is 2.07. The SMILES string of the molecule is C[C](C)=[Ti]([F])[O]c1cccc(C(C)(C)C)c1.Cl.Cl. The minimum Gasteiger partial charge on any atom is -0.147 e. The Hall–Kier alpha value is 0.114. The number of rotatable bonds is 2. The zero-order valence-corrected chi connectivity index (χ0v) is 14.6. The van der Waals surface area contributed by atoms with Crippen LogP contribution in [0.2, 0.25) is 0 Å². The molecule has 0 aliphatic heterocycles. The first kappa shape index (κ1) is 20.4. The van der Waals surface area contributed by atoms with Crippen LogP contribution in [0, 0.1) is 0 Å². The Morgan fingerprint density at radius 2 is 1.72 bits per heavy atom. The zero-order chi connectivity index (χ0) is 12.3. The Balaban J connectivity index is 0. The third-order valence-electron chi connectivity index (χ3n) is 2.30. The van der Waals surface area contributed by atoms with Gasteiger partial charge >= 0.3 is 104 Å². The first-order valence-electron chi connectivity index (χ1n) is 5.42. The monoisotopic (exact) mass is 330 g/mol. The summed E-state index contributed by atoms with van der Waals surface area (Å²) in [5.41, 5.74) is 1.24. The van der Waals surface area contributed by atoms with E-state index in [0.29, 0.717) is 5.75 Å². The smallest absolute Gasteiger partial charge is 0.147 e. The maximum Gasteiger partial charge on any atom is -0.147 e. The van der Waals surface area contributed by atoms with Gasteiger partial charge in [-0.05, 0) is 0 Å². The van der Waals surface area contributed by atoms with Gasteiger partial charge in [-0.25, -0.2) is 0 Å². The van der Waals surface area contributed by atoms with Gasteiger partial charge in [-0.3, -0.25) is 0 Å². The third-order valence-corrected chi connectivity index (χ3v) is 4.18. The molecule has 1 rings (SSSR count). The summed E-state index contributed by atoms with van der Waals surface area (Å²) < 4.78 is 19.7. The summed E-state index contributed by atoms with van der Waals surface area (Å²) in [7, 11) is 0. The van der Waals surface area contributed by atoms with E-state index in [4.69, 9.17) is 3.32 Å². The minimum atomic E-state index is -2.93. The molecular weight excluding hydrogens is 310 g/mol. The van der Waals surface area contributed by atoms with Crippen molar-refractivity contribution in [1.82, 2.24) is 0 Å². The Labute approximate surface area is 128 Å². The van der Waals surface area contributed by atoms with Gasteiger partial charge in [0, 0.05) is 0 Å². The predicted octanol–water partition coefficient (Wildman–Crippen LogP) is 4.84. The van der Waals surface area contributed by atoms with Crippen LogP contribution in [-0.4, -0.2) is 3.81 Å². The Morgan fingerprint density at radius 1 is 1.17 bits per heavy atom. The molecule has 0 heterocycles. The van der Waals surface area contributed by atoms with Gasteiger partial charge in [0.1, 0.15) is 0 Å². The molecule has 0 aliphatic carbocycles. The van der Waals surface area contributed by atoms with Crippen molar-refractivity contribution in [1.29, 1.82) is 0 Å². The molecule has 104 valence electrons. The molecule has 1 aromatic rings. The maximum atomic E-state index is 13.5. The molecule has 0 spiro atoms. The van der Waals surface area contributed by atoms with Crippen LogP contribution >= 0.6 is 24.8 Å². The summed E-state index contributed by atoms with van der Waals surface area (Å²) in [4.78, 5) is 0. The molecule has 0 saturated heterocycles. The molecule has 18 heavy (non-hydrogen) atoms. The average Bonchev–Trinajstić information content (AvgIpc) is 2.16. The first-order chi connectivity index (χ1) is 7.30. The van der Waals surface area contributed by atoms with E-state index in [0.717, 1.165) is 3.81 Å². The third kappa shape index (κ3) is 6.33. The summed E-state index contributed by atoms with van der Waals surface area (Å²) in [6.45, 7) is 9.99. The number of hydrogen-bond donors (Lipinski definition) is 0. The second kappa shape index (κ2) is 8.32. The molecule has 1 aromatic carbocycles. The van der Waals surface area contributed by atoms with Crippen molar-refractivity contribution < 1.29 is 24.7 Å². The molecule has 5 heteroatoms. The van der Waals surface area contributed by atoms with Crippen LogP contribution in [0.15, 0.2) is 24.3 Å². The fraction of sp³-hybridized carbons (Fsp3) is 0.462. The molecular formula is C13H21Cl2FOTi. The van der Waals surface area contributed by atoms with Crippen molar-refractivity contribution in [3.8, 4) is 5.75 Å². The number of halogens is 3. The predicted molar refractivity (Wildman–Crippen MR) is 77.7 cm³/mol. The molecule has 0 aliphatic rings. The quantitative estimate of drug-likeness (QED) is 0.705. The van der Waals surface area contributed by atoms with E-state index in [1.807, 2.05) is 24.3 Å². The normalized spacial score (nSPS) is 9.89. The molecule has 0 saturated carbocycles. The fourth-order valence-electron chi connectivity index (χ4n) is 1.23. The summed E-state index contributed by atoms with van der Waals surface area (Å²) in [5.74, 6) is 0.658. The second-order valence-electron chi connectivity index (χ2n) is 5.15. The van der Waals surface area contributed by atoms with Gasteiger partial charge < -0.3 is 0 Å². The van der Waals surface area contributed by atoms with Crippen molar-refractivity contribution in [2.24, 2.45) is 0 Å². The van der Waals surface area contributed by atoms with Crippen molar-refractivity contribution in [2.45, 2.75) is 40.0 Å². The van der Waals surface area contributed by atoms with E-state index >= 15 is 0 Å². The molecule has 0 atom stereocenters. The molecule has 0 aromatic heterocycles. The van der Waals surface area contributed by atoms with Gasteiger partial charge in [0.05, 0.1) is 0 Å². The number of hydrogen-bond acceptors (Lipinski definition) is 1. The van der Waals surface area contributed by atoms with Crippen molar-refractivity contribution >= 4 is 28.6 Å². The van der Waals surface area contributed by atoms with Gasteiger partial charge in [0.25, 0.3) is 0 Å². The van der Waals surface area contributed by atoms with Crippen LogP contribution in [0.5, 0.6) is 5.75 Å². The zero-order valence-electron chi connectivity index (χ0n) is 11.4. The summed E-state index contributed by atoms with van der Waals surface area (Å²) in [6.07, 6.45) is 0. The van der Waals surface area contributed by atoms with E-state index in [2.05, 4.69) is 20.8 Å². The van der Waals surface area contributed by atoms with Crippen LogP contribution in [0.3, 0.4) is 0 Å². The van der Waals surface area contributed by atoms with E-state index < -0.39 is 18.3 Å². The summed E-state index contributed by atoms with van der Waals surface area (Å²) in [5, 5.41) is 0. The van der Waals surface area contributed by atoms with Crippen LogP contribution in [0.1, 0.15) is 40.2 Å². The van der Waals surface area contributed by atoms with Gasteiger partial charge in [-0.15, -0.1) is 24.8 Å². The number of benzene rings is 1. The average molecular weight is 331 g/mol. The van der Waals surface area contributed by atoms with Crippen molar-refractivity contribution in [2.75, 3.05) is 0 Å². The first-order valence-corrected chi connectivity index (χ1v) is 7.43. The summed E-state index contributed by atoms with van der Waals surface area (Å²) >= 11 is -2.93. The van der Waals surface area contributed by atoms with Gasteiger partial charge in [-0.1, -0.05) is 0 Å². The van der Waals surface area contributed by atoms with Crippen LogP contribution in [0.25, 0.3) is 0 Å². The maximum absolute atomic E-state index is 13.5. The minimum absolute atomic E-state index is 0. The summed E-state index contributed by atoms with van der Waals surface area (Å²) in [6, 6.07) is 7.74. The van der Waals surface area contributed by atoms with Gasteiger partial charge in [0.15, 0.2) is 0 Å². The second-order valence-corrected chi connectivity index (χ2v) is 7.89. The molecule has 0 unspecified atom stereocenters. The van der Waals surface area contributed by atoms with E-state index in [-0.39, 0.29) is 30.2 Å². The van der Waals surface area contributed by atoms with E-state index in [9.17, 15) is 3.09 Å². The van der Waals surface area contributed by atoms with Crippen molar-refractivity contribution in [3.05, 3.63) is 29.8 Å². The van der Waals surface area contributed by atoms with E-state index in [1.54, 1.807) is 13.8 Å². The Kier molecular flexibility index (Phi) is 9.44. The van der Waals surface area contributed by atoms with Gasteiger partial charge in [-0.2, -0.15) is 0 Å². The molecule has 0 amide bonds. The standard InChI is InChI=1S/C10H14O.C3H6.2ClH.FH.Ti/c1-10(2,3)8-5-4-6-9(11)7-8;1-3-2;;;;/h4-7,11H,1-3H3;1-2H3;3*1H;/q;;;;;+2/p-2. The topological polar surface area (TPSA) is 9.23 Å². The molecule has 0 radical (unpaired) electrons. The van der Waals surface area contributed by atoms with Gasteiger partial charge in [0.2, 0.25) is 0 Å². The van der Waals surface area contributed by atoms with Crippen LogP contribution in [-0.2, 0) is 23.7 Å². The molecule has 1 nitrogen and oxygen atoms in total. The van der Waals surface area contributed by atoms with Crippen LogP contribution in [0.4, 0.5) is 3.09 Å². The largest absolute Gasteiger partial charge is 0.147 e. The molecule has 0 fully saturated rings. The molecule has 0 bridgehead atoms.